The Labute approximate surface area is 333 Å². The molecule has 0 aliphatic rings. The van der Waals surface area contributed by atoms with Crippen molar-refractivity contribution in [1.29, 1.82) is 0 Å². The lowest BCUT2D eigenvalue weighted by Crippen LogP contribution is -1.89. The van der Waals surface area contributed by atoms with E-state index in [1.54, 1.807) is 0 Å². The van der Waals surface area contributed by atoms with Crippen molar-refractivity contribution >= 4 is 96.1 Å². The highest BCUT2D eigenvalue weighted by Gasteiger charge is 2.20. The maximum Gasteiger partial charge on any atom is 0.0434 e. The van der Waals surface area contributed by atoms with Crippen LogP contribution in [0.15, 0.2) is 194 Å². The fourth-order valence-corrected chi connectivity index (χ4v) is 11.4. The Morgan fingerprint density at radius 3 is 0.930 bits per heavy atom. The maximum absolute atomic E-state index is 2.35. The van der Waals surface area contributed by atoms with Gasteiger partial charge in [0.15, 0.2) is 0 Å². The fourth-order valence-electron chi connectivity index (χ4n) is 10.1. The predicted octanol–water partition coefficient (Wildman–Crippen LogP) is 16.5. The zero-order chi connectivity index (χ0) is 37.2. The Bertz CT molecular complexity index is 3480. The van der Waals surface area contributed by atoms with E-state index < -0.39 is 0 Å². The lowest BCUT2D eigenvalue weighted by atomic mass is 9.87. The number of fused-ring (bicyclic) bond motifs is 3. The molecule has 262 valence electrons. The van der Waals surface area contributed by atoms with Gasteiger partial charge in [-0.15, -0.1) is 11.3 Å². The van der Waals surface area contributed by atoms with Crippen molar-refractivity contribution in [3.05, 3.63) is 194 Å². The van der Waals surface area contributed by atoms with Crippen molar-refractivity contribution in [2.24, 2.45) is 0 Å². The van der Waals surface area contributed by atoms with E-state index in [0.717, 1.165) is 0 Å². The highest BCUT2D eigenvalue weighted by Crippen LogP contribution is 2.49. The first-order chi connectivity index (χ1) is 28.3. The second-order valence-corrected chi connectivity index (χ2v) is 16.5. The van der Waals surface area contributed by atoms with Gasteiger partial charge in [0.1, 0.15) is 0 Å². The molecule has 0 fully saturated rings. The normalized spacial score (nSPS) is 12.2. The minimum atomic E-state index is 1.25. The molecule has 0 aliphatic heterocycles. The van der Waals surface area contributed by atoms with Crippen LogP contribution >= 0.6 is 11.3 Å². The summed E-state index contributed by atoms with van der Waals surface area (Å²) in [7, 11) is 0. The standard InChI is InChI=1S/C56H32S/c1-3-9-33(10-4-1)39-25-17-35-23-31-45-41(27-19-37-21-29-43(39)51(35)53(37)45)47-13-7-15-49-50-16-8-14-48(56(50)57-55(47)49)42-28-20-38-22-30-44-40(34-11-5-2-6-12-34)26-18-36-24-32-46(42)54(38)52(36)44/h1-32H. The molecule has 57 heavy (non-hydrogen) atoms. The van der Waals surface area contributed by atoms with E-state index in [0.29, 0.717) is 0 Å². The number of rotatable bonds is 4. The summed E-state index contributed by atoms with van der Waals surface area (Å²) in [6, 6.07) is 72.6. The van der Waals surface area contributed by atoms with Gasteiger partial charge in [-0.05, 0) is 98.0 Å². The second-order valence-electron chi connectivity index (χ2n) is 15.5. The van der Waals surface area contributed by atoms with Crippen LogP contribution in [0.1, 0.15) is 0 Å². The monoisotopic (exact) mass is 736 g/mol. The molecule has 0 bridgehead atoms. The van der Waals surface area contributed by atoms with Crippen LogP contribution in [0.5, 0.6) is 0 Å². The SMILES string of the molecule is c1ccc(-c2ccc3ccc4c(-c5cccc6c5sc5c(-c7ccc8ccc9c(-c%10ccccc%10)ccc%10ccc7c8c%109)cccc56)ccc5ccc2c3c54)cc1. The second kappa shape index (κ2) is 11.7. The van der Waals surface area contributed by atoms with Crippen LogP contribution in [0.3, 0.4) is 0 Å². The van der Waals surface area contributed by atoms with Crippen LogP contribution in [0, 0.1) is 0 Å². The summed E-state index contributed by atoms with van der Waals surface area (Å²) in [6.45, 7) is 0. The molecule has 0 amide bonds. The van der Waals surface area contributed by atoms with Crippen molar-refractivity contribution < 1.29 is 0 Å². The molecule has 1 heteroatoms. The predicted molar refractivity (Wildman–Crippen MR) is 248 cm³/mol. The largest absolute Gasteiger partial charge is 0.134 e. The zero-order valence-electron chi connectivity index (χ0n) is 30.9. The molecule has 0 unspecified atom stereocenters. The van der Waals surface area contributed by atoms with E-state index in [1.807, 2.05) is 11.3 Å². The Morgan fingerprint density at radius 2 is 0.544 bits per heavy atom. The topological polar surface area (TPSA) is 0 Å². The summed E-state index contributed by atoms with van der Waals surface area (Å²) in [5.74, 6) is 0. The molecular weight excluding hydrogens is 705 g/mol. The number of hydrogen-bond donors (Lipinski definition) is 0. The van der Waals surface area contributed by atoms with Gasteiger partial charge < -0.3 is 0 Å². The summed E-state index contributed by atoms with van der Waals surface area (Å²) in [6.07, 6.45) is 0. The van der Waals surface area contributed by atoms with Gasteiger partial charge in [-0.2, -0.15) is 0 Å². The van der Waals surface area contributed by atoms with Gasteiger partial charge in [-0.25, -0.2) is 0 Å². The molecule has 0 atom stereocenters. The van der Waals surface area contributed by atoms with E-state index in [2.05, 4.69) is 194 Å². The molecule has 13 aromatic rings. The molecular formula is C56H32S. The molecule has 13 rings (SSSR count). The first-order valence-corrected chi connectivity index (χ1v) is 20.6. The summed E-state index contributed by atoms with van der Waals surface area (Å²) in [5, 5.41) is 18.4. The van der Waals surface area contributed by atoms with E-state index in [9.17, 15) is 0 Å². The first kappa shape index (κ1) is 31.2. The van der Waals surface area contributed by atoms with Crippen molar-refractivity contribution in [2.45, 2.75) is 0 Å². The van der Waals surface area contributed by atoms with Crippen LogP contribution in [0.2, 0.25) is 0 Å². The number of thiophene rings is 1. The Hall–Kier alpha value is -7.06. The van der Waals surface area contributed by atoms with Gasteiger partial charge in [0, 0.05) is 31.3 Å². The average molecular weight is 737 g/mol. The van der Waals surface area contributed by atoms with E-state index >= 15 is 0 Å². The summed E-state index contributed by atoms with van der Waals surface area (Å²) < 4.78 is 2.68. The van der Waals surface area contributed by atoms with Gasteiger partial charge in [-0.3, -0.25) is 0 Å². The smallest absolute Gasteiger partial charge is 0.0434 e. The Morgan fingerprint density at radius 1 is 0.211 bits per heavy atom. The molecule has 0 spiro atoms. The van der Waals surface area contributed by atoms with Gasteiger partial charge >= 0.3 is 0 Å². The average Bonchev–Trinajstić information content (AvgIpc) is 3.67. The van der Waals surface area contributed by atoms with Gasteiger partial charge in [-0.1, -0.05) is 194 Å². The third-order valence-corrected chi connectivity index (χ3v) is 13.9. The van der Waals surface area contributed by atoms with Gasteiger partial charge in [0.2, 0.25) is 0 Å². The molecule has 0 radical (unpaired) electrons. The highest BCUT2D eigenvalue weighted by molar-refractivity contribution is 7.27. The van der Waals surface area contributed by atoms with E-state index in [-0.39, 0.29) is 0 Å². The van der Waals surface area contributed by atoms with Crippen LogP contribution in [0.25, 0.3) is 129 Å². The summed E-state index contributed by atoms with van der Waals surface area (Å²) in [5.41, 5.74) is 10.2. The first-order valence-electron chi connectivity index (χ1n) is 19.8. The quantitative estimate of drug-likeness (QED) is 0.158. The zero-order valence-corrected chi connectivity index (χ0v) is 31.7. The highest BCUT2D eigenvalue weighted by atomic mass is 32.1. The number of benzene rings is 12. The lowest BCUT2D eigenvalue weighted by Gasteiger charge is -2.17. The molecule has 1 heterocycles. The van der Waals surface area contributed by atoms with Crippen LogP contribution in [-0.2, 0) is 0 Å². The molecule has 0 N–H and O–H groups in total. The minimum Gasteiger partial charge on any atom is -0.134 e. The number of hydrogen-bond acceptors (Lipinski definition) is 1. The summed E-state index contributed by atoms with van der Waals surface area (Å²) >= 11 is 1.94. The van der Waals surface area contributed by atoms with Crippen LogP contribution < -0.4 is 0 Å². The lowest BCUT2D eigenvalue weighted by molar-refractivity contribution is 1.66. The molecule has 1 aromatic heterocycles. The van der Waals surface area contributed by atoms with Crippen molar-refractivity contribution in [2.75, 3.05) is 0 Å². The minimum absolute atomic E-state index is 1.25. The molecule has 0 saturated heterocycles. The third kappa shape index (κ3) is 4.38. The Kier molecular flexibility index (Phi) is 6.41. The Balaban J connectivity index is 1.04. The maximum atomic E-state index is 2.35. The van der Waals surface area contributed by atoms with Gasteiger partial charge in [0.25, 0.3) is 0 Å². The molecule has 0 nitrogen and oxygen atoms in total. The third-order valence-electron chi connectivity index (χ3n) is 12.6. The molecule has 12 aromatic carbocycles. The van der Waals surface area contributed by atoms with Crippen molar-refractivity contribution in [3.8, 4) is 44.5 Å². The van der Waals surface area contributed by atoms with Crippen LogP contribution in [-0.4, -0.2) is 0 Å². The summed E-state index contributed by atoms with van der Waals surface area (Å²) in [4.78, 5) is 0. The van der Waals surface area contributed by atoms with Gasteiger partial charge in [0.05, 0.1) is 0 Å². The van der Waals surface area contributed by atoms with Crippen molar-refractivity contribution in [3.63, 3.8) is 0 Å². The fraction of sp³-hybridized carbons (Fsp3) is 0. The van der Waals surface area contributed by atoms with Crippen LogP contribution in [0.4, 0.5) is 0 Å². The molecule has 0 saturated carbocycles. The van der Waals surface area contributed by atoms with E-state index in [1.165, 1.54) is 129 Å². The van der Waals surface area contributed by atoms with E-state index in [4.69, 9.17) is 0 Å². The van der Waals surface area contributed by atoms with Crippen molar-refractivity contribution in [1.82, 2.24) is 0 Å². The molecule has 0 aliphatic carbocycles.